The quantitative estimate of drug-likeness (QED) is 0.793. The molecule has 3 heterocycles. The van der Waals surface area contributed by atoms with E-state index in [-0.39, 0.29) is 0 Å². The smallest absolute Gasteiger partial charge is 0.109 e. The van der Waals surface area contributed by atoms with E-state index in [4.69, 9.17) is 4.98 Å². The summed E-state index contributed by atoms with van der Waals surface area (Å²) < 4.78 is 2.30. The molecule has 1 aliphatic rings. The van der Waals surface area contributed by atoms with Crippen LogP contribution in [0.25, 0.3) is 11.3 Å². The third-order valence-electron chi connectivity index (χ3n) is 4.02. The zero-order valence-corrected chi connectivity index (χ0v) is 13.1. The Morgan fingerprint density at radius 3 is 3.14 bits per heavy atom. The van der Waals surface area contributed by atoms with Crippen LogP contribution in [0.15, 0.2) is 41.4 Å². The number of aryl methyl sites for hydroxylation is 2. The largest absolute Gasteiger partial charge is 0.379 e. The minimum absolute atomic E-state index is 0.757. The lowest BCUT2D eigenvalue weighted by Crippen LogP contribution is -2.08. The summed E-state index contributed by atoms with van der Waals surface area (Å²) in [5.41, 5.74) is 6.30. The molecule has 0 spiro atoms. The van der Waals surface area contributed by atoms with Gasteiger partial charge in [-0.3, -0.25) is 0 Å². The molecule has 0 aliphatic carbocycles. The van der Waals surface area contributed by atoms with Gasteiger partial charge in [-0.15, -0.1) is 11.3 Å². The number of fused-ring (bicyclic) bond motifs is 1. The van der Waals surface area contributed by atoms with Crippen LogP contribution in [0.4, 0.5) is 5.69 Å². The van der Waals surface area contributed by atoms with Gasteiger partial charge in [-0.2, -0.15) is 0 Å². The zero-order valence-electron chi connectivity index (χ0n) is 12.3. The minimum atomic E-state index is 0.757. The molecule has 0 bridgehead atoms. The molecule has 0 amide bonds. The normalized spacial score (nSPS) is 13.8. The molecule has 1 N–H and O–H groups in total. The van der Waals surface area contributed by atoms with Crippen LogP contribution in [-0.4, -0.2) is 14.5 Å². The Morgan fingerprint density at radius 1 is 1.27 bits per heavy atom. The average Bonchev–Trinajstić information content (AvgIpc) is 3.22. The van der Waals surface area contributed by atoms with Crippen LogP contribution in [0, 0.1) is 0 Å². The van der Waals surface area contributed by atoms with Crippen molar-refractivity contribution in [1.82, 2.24) is 14.5 Å². The molecular weight excluding hydrogens is 292 g/mol. The predicted molar refractivity (Wildman–Crippen MR) is 90.0 cm³/mol. The predicted octanol–water partition coefficient (Wildman–Crippen LogP) is 3.96. The summed E-state index contributed by atoms with van der Waals surface area (Å²) in [6, 6.07) is 8.46. The van der Waals surface area contributed by atoms with Crippen molar-refractivity contribution < 1.29 is 0 Å². The molecule has 1 aromatic carbocycles. The molecule has 1 aliphatic heterocycles. The second kappa shape index (κ2) is 5.93. The van der Waals surface area contributed by atoms with Crippen LogP contribution in [0.5, 0.6) is 0 Å². The Morgan fingerprint density at radius 2 is 2.27 bits per heavy atom. The zero-order chi connectivity index (χ0) is 14.8. The summed E-state index contributed by atoms with van der Waals surface area (Å²) >= 11 is 1.63. The first kappa shape index (κ1) is 13.5. The highest BCUT2D eigenvalue weighted by Crippen LogP contribution is 2.25. The fourth-order valence-corrected chi connectivity index (χ4v) is 3.42. The highest BCUT2D eigenvalue weighted by molar-refractivity contribution is 7.07. The summed E-state index contributed by atoms with van der Waals surface area (Å²) in [6.45, 7) is 1.86. The minimum Gasteiger partial charge on any atom is -0.379 e. The Bertz CT molecular complexity index is 737. The molecule has 22 heavy (non-hydrogen) atoms. The molecule has 0 radical (unpaired) electrons. The lowest BCUT2D eigenvalue weighted by molar-refractivity contribution is 0.522. The maximum absolute atomic E-state index is 4.80. The van der Waals surface area contributed by atoms with E-state index in [1.807, 2.05) is 5.51 Å². The van der Waals surface area contributed by atoms with Crippen LogP contribution in [0.1, 0.15) is 24.4 Å². The molecule has 5 heteroatoms. The van der Waals surface area contributed by atoms with Crippen molar-refractivity contribution in [3.8, 4) is 11.3 Å². The number of nitrogens with one attached hydrogen (secondary N) is 1. The fraction of sp³-hybridized carbons (Fsp3) is 0.294. The molecule has 0 unspecified atom stereocenters. The SMILES string of the molecule is c1cc(NCc2cscn2)cc(-c2cn3c(n2)CCCC3)c1. The van der Waals surface area contributed by atoms with E-state index in [1.54, 1.807) is 11.3 Å². The second-order valence-electron chi connectivity index (χ2n) is 5.61. The third kappa shape index (κ3) is 2.76. The Kier molecular flexibility index (Phi) is 3.64. The van der Waals surface area contributed by atoms with E-state index in [0.29, 0.717) is 0 Å². The van der Waals surface area contributed by atoms with Gasteiger partial charge in [0.15, 0.2) is 0 Å². The Labute approximate surface area is 133 Å². The number of benzene rings is 1. The molecule has 0 saturated heterocycles. The van der Waals surface area contributed by atoms with Gasteiger partial charge in [-0.05, 0) is 25.0 Å². The van der Waals surface area contributed by atoms with Crippen molar-refractivity contribution >= 4 is 17.0 Å². The summed E-state index contributed by atoms with van der Waals surface area (Å²) in [5, 5.41) is 5.50. The van der Waals surface area contributed by atoms with Gasteiger partial charge in [0.2, 0.25) is 0 Å². The first-order valence-corrected chi connectivity index (χ1v) is 8.60. The number of thiazole rings is 1. The second-order valence-corrected chi connectivity index (χ2v) is 6.33. The maximum Gasteiger partial charge on any atom is 0.109 e. The van der Waals surface area contributed by atoms with Gasteiger partial charge >= 0.3 is 0 Å². The van der Waals surface area contributed by atoms with E-state index >= 15 is 0 Å². The van der Waals surface area contributed by atoms with Crippen molar-refractivity contribution in [1.29, 1.82) is 0 Å². The van der Waals surface area contributed by atoms with Crippen molar-refractivity contribution in [2.24, 2.45) is 0 Å². The lowest BCUT2D eigenvalue weighted by atomic mass is 10.1. The first-order valence-electron chi connectivity index (χ1n) is 7.66. The third-order valence-corrected chi connectivity index (χ3v) is 4.66. The number of rotatable bonds is 4. The number of hydrogen-bond donors (Lipinski definition) is 1. The van der Waals surface area contributed by atoms with E-state index < -0.39 is 0 Å². The van der Waals surface area contributed by atoms with Crippen LogP contribution >= 0.6 is 11.3 Å². The van der Waals surface area contributed by atoms with Gasteiger partial charge in [0.05, 0.1) is 23.4 Å². The van der Waals surface area contributed by atoms with E-state index in [9.17, 15) is 0 Å². The van der Waals surface area contributed by atoms with Crippen molar-refractivity contribution in [2.45, 2.75) is 32.4 Å². The van der Waals surface area contributed by atoms with Gasteiger partial charge in [0.25, 0.3) is 0 Å². The standard InChI is InChI=1S/C17H18N4S/c1-2-7-21-10-16(20-17(21)6-1)13-4-3-5-14(8-13)18-9-15-11-22-12-19-15/h3-5,8,10-12,18H,1-2,6-7,9H2. The molecule has 2 aromatic heterocycles. The van der Waals surface area contributed by atoms with Gasteiger partial charge < -0.3 is 9.88 Å². The number of nitrogens with zero attached hydrogens (tertiary/aromatic N) is 3. The van der Waals surface area contributed by atoms with E-state index in [0.717, 1.165) is 36.6 Å². The molecule has 3 aromatic rings. The van der Waals surface area contributed by atoms with Crippen molar-refractivity contribution in [2.75, 3.05) is 5.32 Å². The number of aromatic nitrogens is 3. The average molecular weight is 310 g/mol. The molecule has 0 fully saturated rings. The molecular formula is C17H18N4S. The van der Waals surface area contributed by atoms with Gasteiger partial charge in [-0.1, -0.05) is 12.1 Å². The van der Waals surface area contributed by atoms with Crippen molar-refractivity contribution in [3.05, 3.63) is 52.9 Å². The Hall–Kier alpha value is -2.14. The topological polar surface area (TPSA) is 42.7 Å². The van der Waals surface area contributed by atoms with E-state index in [2.05, 4.69) is 50.7 Å². The first-order chi connectivity index (χ1) is 10.9. The van der Waals surface area contributed by atoms with Crippen molar-refractivity contribution in [3.63, 3.8) is 0 Å². The molecule has 0 atom stereocenters. The van der Waals surface area contributed by atoms with E-state index in [1.165, 1.54) is 24.2 Å². The maximum atomic E-state index is 4.80. The number of anilines is 1. The number of imidazole rings is 1. The van der Waals surface area contributed by atoms with Crippen LogP contribution in [0.3, 0.4) is 0 Å². The fourth-order valence-electron chi connectivity index (χ4n) is 2.86. The highest BCUT2D eigenvalue weighted by atomic mass is 32.1. The molecule has 4 nitrogen and oxygen atoms in total. The summed E-state index contributed by atoms with van der Waals surface area (Å²) in [4.78, 5) is 9.09. The summed E-state index contributed by atoms with van der Waals surface area (Å²) in [7, 11) is 0. The summed E-state index contributed by atoms with van der Waals surface area (Å²) in [5.74, 6) is 1.22. The van der Waals surface area contributed by atoms with Gasteiger partial charge in [0.1, 0.15) is 5.82 Å². The summed E-state index contributed by atoms with van der Waals surface area (Å²) in [6.07, 6.45) is 5.81. The molecule has 112 valence electrons. The highest BCUT2D eigenvalue weighted by Gasteiger charge is 2.13. The Balaban J connectivity index is 1.54. The number of hydrogen-bond acceptors (Lipinski definition) is 4. The van der Waals surface area contributed by atoms with Crippen LogP contribution < -0.4 is 5.32 Å². The molecule has 4 rings (SSSR count). The molecule has 0 saturated carbocycles. The lowest BCUT2D eigenvalue weighted by Gasteiger charge is -2.11. The van der Waals surface area contributed by atoms with Gasteiger partial charge in [-0.25, -0.2) is 9.97 Å². The van der Waals surface area contributed by atoms with Gasteiger partial charge in [0, 0.05) is 35.8 Å². The monoisotopic (exact) mass is 310 g/mol. The van der Waals surface area contributed by atoms with Crippen LogP contribution in [-0.2, 0) is 19.5 Å². The van der Waals surface area contributed by atoms with Crippen LogP contribution in [0.2, 0.25) is 0 Å².